The van der Waals surface area contributed by atoms with Crippen molar-refractivity contribution in [3.63, 3.8) is 0 Å². The molecular weight excluding hydrogens is 244 g/mol. The van der Waals surface area contributed by atoms with Crippen molar-refractivity contribution in [3.05, 3.63) is 18.2 Å². The molecule has 0 bridgehead atoms. The second-order valence-electron chi connectivity index (χ2n) is 4.52. The van der Waals surface area contributed by atoms with E-state index in [4.69, 9.17) is 9.47 Å². The average Bonchev–Trinajstić information content (AvgIpc) is 2.48. The Morgan fingerprint density at radius 3 is 2.21 bits per heavy atom. The highest BCUT2D eigenvalue weighted by Crippen LogP contribution is 2.34. The van der Waals surface area contributed by atoms with Gasteiger partial charge in [0.1, 0.15) is 17.2 Å². The number of carbonyl (C=O) groups is 1. The molecule has 1 aliphatic rings. The molecule has 0 saturated carbocycles. The maximum absolute atomic E-state index is 12.2. The number of benzene rings is 1. The van der Waals surface area contributed by atoms with Crippen LogP contribution in [0.5, 0.6) is 11.5 Å². The molecule has 5 nitrogen and oxygen atoms in total. The first kappa shape index (κ1) is 13.5. The molecule has 1 aliphatic heterocycles. The van der Waals surface area contributed by atoms with E-state index in [2.05, 4.69) is 5.32 Å². The van der Waals surface area contributed by atoms with Crippen LogP contribution in [0.25, 0.3) is 0 Å². The van der Waals surface area contributed by atoms with Crippen LogP contribution in [-0.4, -0.2) is 38.2 Å². The number of anilines is 1. The van der Waals surface area contributed by atoms with Crippen molar-refractivity contribution in [2.75, 3.05) is 32.6 Å². The largest absolute Gasteiger partial charge is 0.494 e. The molecule has 1 saturated heterocycles. The molecule has 0 aliphatic carbocycles. The third-order valence-corrected chi connectivity index (χ3v) is 3.30. The first-order valence-electron chi connectivity index (χ1n) is 6.53. The maximum atomic E-state index is 12.2. The standard InChI is InChI=1S/C14H20N2O3/c1-18-11-7-6-8-12(19-2)13(11)15-14(17)16-9-4-3-5-10-16/h6-8H,3-5,9-10H2,1-2H3,(H,15,17). The Morgan fingerprint density at radius 2 is 1.68 bits per heavy atom. The normalized spacial score (nSPS) is 14.9. The van der Waals surface area contributed by atoms with Crippen LogP contribution in [0.3, 0.4) is 0 Å². The number of hydrogen-bond acceptors (Lipinski definition) is 3. The van der Waals surface area contributed by atoms with Gasteiger partial charge in [0, 0.05) is 13.1 Å². The monoisotopic (exact) mass is 264 g/mol. The van der Waals surface area contributed by atoms with E-state index >= 15 is 0 Å². The number of nitrogens with one attached hydrogen (secondary N) is 1. The molecule has 0 atom stereocenters. The minimum atomic E-state index is -0.0949. The van der Waals surface area contributed by atoms with Gasteiger partial charge in [-0.2, -0.15) is 0 Å². The summed E-state index contributed by atoms with van der Waals surface area (Å²) >= 11 is 0. The molecule has 2 amide bonds. The topological polar surface area (TPSA) is 50.8 Å². The predicted molar refractivity (Wildman–Crippen MR) is 74.0 cm³/mol. The Labute approximate surface area is 113 Å². The number of amides is 2. The van der Waals surface area contributed by atoms with Crippen molar-refractivity contribution >= 4 is 11.7 Å². The lowest BCUT2D eigenvalue weighted by Gasteiger charge is -2.27. The number of carbonyl (C=O) groups excluding carboxylic acids is 1. The maximum Gasteiger partial charge on any atom is 0.322 e. The predicted octanol–water partition coefficient (Wildman–Crippen LogP) is 2.72. The summed E-state index contributed by atoms with van der Waals surface area (Å²) in [6, 6.07) is 5.33. The van der Waals surface area contributed by atoms with Crippen LogP contribution in [0.15, 0.2) is 18.2 Å². The van der Waals surface area contributed by atoms with Gasteiger partial charge in [-0.25, -0.2) is 4.79 Å². The first-order valence-corrected chi connectivity index (χ1v) is 6.53. The van der Waals surface area contributed by atoms with Crippen molar-refractivity contribution in [3.8, 4) is 11.5 Å². The zero-order valence-corrected chi connectivity index (χ0v) is 11.4. The number of rotatable bonds is 3. The van der Waals surface area contributed by atoms with Crippen molar-refractivity contribution < 1.29 is 14.3 Å². The molecule has 0 aromatic heterocycles. The summed E-state index contributed by atoms with van der Waals surface area (Å²) in [6.07, 6.45) is 3.33. The summed E-state index contributed by atoms with van der Waals surface area (Å²) in [4.78, 5) is 14.0. The second kappa shape index (κ2) is 6.31. The molecule has 1 aromatic rings. The number of methoxy groups -OCH3 is 2. The van der Waals surface area contributed by atoms with Crippen molar-refractivity contribution in [2.45, 2.75) is 19.3 Å². The summed E-state index contributed by atoms with van der Waals surface area (Å²) < 4.78 is 10.5. The molecule has 104 valence electrons. The van der Waals surface area contributed by atoms with Crippen LogP contribution >= 0.6 is 0 Å². The van der Waals surface area contributed by atoms with Gasteiger partial charge in [-0.3, -0.25) is 0 Å². The molecular formula is C14H20N2O3. The third kappa shape index (κ3) is 3.10. The molecule has 19 heavy (non-hydrogen) atoms. The summed E-state index contributed by atoms with van der Waals surface area (Å²) in [5.74, 6) is 1.20. The average molecular weight is 264 g/mol. The molecule has 0 radical (unpaired) electrons. The van der Waals surface area contributed by atoms with Gasteiger partial charge in [0.15, 0.2) is 0 Å². The number of ether oxygens (including phenoxy) is 2. The Kier molecular flexibility index (Phi) is 4.49. The highest BCUT2D eigenvalue weighted by atomic mass is 16.5. The fraction of sp³-hybridized carbons (Fsp3) is 0.500. The lowest BCUT2D eigenvalue weighted by Crippen LogP contribution is -2.38. The van der Waals surface area contributed by atoms with Crippen LogP contribution in [0.4, 0.5) is 10.5 Å². The summed E-state index contributed by atoms with van der Waals surface area (Å²) in [7, 11) is 3.15. The molecule has 0 unspecified atom stereocenters. The van der Waals surface area contributed by atoms with Crippen molar-refractivity contribution in [1.29, 1.82) is 0 Å². The van der Waals surface area contributed by atoms with Gasteiger partial charge in [0.05, 0.1) is 14.2 Å². The Bertz CT molecular complexity index is 420. The van der Waals surface area contributed by atoms with Crippen LogP contribution in [0.2, 0.25) is 0 Å². The first-order chi connectivity index (χ1) is 9.26. The van der Waals surface area contributed by atoms with E-state index in [9.17, 15) is 4.79 Å². The number of para-hydroxylation sites is 1. The zero-order chi connectivity index (χ0) is 13.7. The van der Waals surface area contributed by atoms with Gasteiger partial charge in [0.25, 0.3) is 0 Å². The van der Waals surface area contributed by atoms with Crippen LogP contribution in [0.1, 0.15) is 19.3 Å². The minimum Gasteiger partial charge on any atom is -0.494 e. The lowest BCUT2D eigenvalue weighted by atomic mass is 10.1. The van der Waals surface area contributed by atoms with E-state index in [0.29, 0.717) is 17.2 Å². The fourth-order valence-corrected chi connectivity index (χ4v) is 2.26. The van der Waals surface area contributed by atoms with E-state index in [1.807, 2.05) is 11.0 Å². The van der Waals surface area contributed by atoms with Crippen LogP contribution in [-0.2, 0) is 0 Å². The number of hydrogen-bond donors (Lipinski definition) is 1. The molecule has 0 spiro atoms. The van der Waals surface area contributed by atoms with E-state index in [1.54, 1.807) is 26.4 Å². The van der Waals surface area contributed by atoms with Gasteiger partial charge in [-0.05, 0) is 31.4 Å². The highest BCUT2D eigenvalue weighted by Gasteiger charge is 2.19. The number of piperidine rings is 1. The van der Waals surface area contributed by atoms with E-state index < -0.39 is 0 Å². The van der Waals surface area contributed by atoms with Crippen molar-refractivity contribution in [1.82, 2.24) is 4.90 Å². The molecule has 5 heteroatoms. The highest BCUT2D eigenvalue weighted by molar-refractivity contribution is 5.93. The number of urea groups is 1. The SMILES string of the molecule is COc1cccc(OC)c1NC(=O)N1CCCCC1. The quantitative estimate of drug-likeness (QED) is 0.913. The molecule has 1 N–H and O–H groups in total. The molecule has 1 heterocycles. The third-order valence-electron chi connectivity index (χ3n) is 3.30. The smallest absolute Gasteiger partial charge is 0.322 e. The molecule has 1 fully saturated rings. The molecule has 1 aromatic carbocycles. The van der Waals surface area contributed by atoms with Gasteiger partial charge >= 0.3 is 6.03 Å². The summed E-state index contributed by atoms with van der Waals surface area (Å²) in [5.41, 5.74) is 0.586. The van der Waals surface area contributed by atoms with Crippen molar-refractivity contribution in [2.24, 2.45) is 0 Å². The second-order valence-corrected chi connectivity index (χ2v) is 4.52. The zero-order valence-electron chi connectivity index (χ0n) is 11.4. The molecule has 2 rings (SSSR count). The Hall–Kier alpha value is -1.91. The van der Waals surface area contributed by atoms with E-state index in [-0.39, 0.29) is 6.03 Å². The van der Waals surface area contributed by atoms with E-state index in [1.165, 1.54) is 6.42 Å². The van der Waals surface area contributed by atoms with Gasteiger partial charge < -0.3 is 19.7 Å². The van der Waals surface area contributed by atoms with Crippen LogP contribution in [0, 0.1) is 0 Å². The van der Waals surface area contributed by atoms with Gasteiger partial charge in [0.2, 0.25) is 0 Å². The summed E-state index contributed by atoms with van der Waals surface area (Å²) in [6.45, 7) is 1.62. The number of likely N-dealkylation sites (tertiary alicyclic amines) is 1. The Balaban J connectivity index is 2.15. The van der Waals surface area contributed by atoms with Gasteiger partial charge in [-0.1, -0.05) is 6.07 Å². The minimum absolute atomic E-state index is 0.0949. The summed E-state index contributed by atoms with van der Waals surface area (Å²) in [5, 5.41) is 2.89. The lowest BCUT2D eigenvalue weighted by molar-refractivity contribution is 0.200. The Morgan fingerprint density at radius 1 is 1.11 bits per heavy atom. The van der Waals surface area contributed by atoms with E-state index in [0.717, 1.165) is 25.9 Å². The fourth-order valence-electron chi connectivity index (χ4n) is 2.26. The van der Waals surface area contributed by atoms with Crippen LogP contribution < -0.4 is 14.8 Å². The number of nitrogens with zero attached hydrogens (tertiary/aromatic N) is 1. The van der Waals surface area contributed by atoms with Gasteiger partial charge in [-0.15, -0.1) is 0 Å².